The molecule has 0 N–H and O–H groups in total. The van der Waals surface area contributed by atoms with Crippen molar-refractivity contribution in [2.45, 2.75) is 19.8 Å². The van der Waals surface area contributed by atoms with Crippen LogP contribution in [0.25, 0.3) is 0 Å². The van der Waals surface area contributed by atoms with E-state index in [1.54, 1.807) is 4.90 Å². The molecule has 2 heterocycles. The topological polar surface area (TPSA) is 73.8 Å². The zero-order chi connectivity index (χ0) is 18.5. The predicted molar refractivity (Wildman–Crippen MR) is 96.1 cm³/mol. The first-order valence-electron chi connectivity index (χ1n) is 8.39. The molecule has 1 aliphatic heterocycles. The van der Waals surface area contributed by atoms with Crippen LogP contribution in [0.1, 0.15) is 25.3 Å². The molecule has 0 unspecified atom stereocenters. The zero-order valence-corrected chi connectivity index (χ0v) is 15.4. The minimum absolute atomic E-state index is 0.0871. The zero-order valence-electron chi connectivity index (χ0n) is 14.6. The third kappa shape index (κ3) is 4.42. The summed E-state index contributed by atoms with van der Waals surface area (Å²) in [4.78, 5) is 13.9. The Morgan fingerprint density at radius 2 is 1.92 bits per heavy atom. The van der Waals surface area contributed by atoms with E-state index >= 15 is 0 Å². The Kier molecular flexibility index (Phi) is 5.90. The summed E-state index contributed by atoms with van der Waals surface area (Å²) in [6, 6.07) is 9.03. The third-order valence-electron chi connectivity index (χ3n) is 3.91. The first-order chi connectivity index (χ1) is 12.5. The van der Waals surface area contributed by atoms with Crippen molar-refractivity contribution >= 4 is 17.7 Å². The number of benzene rings is 1. The summed E-state index contributed by atoms with van der Waals surface area (Å²) in [6.45, 7) is 6.03. The number of ether oxygens (including phenoxy) is 3. The summed E-state index contributed by atoms with van der Waals surface area (Å²) in [5.74, 6) is 1.10. The first kappa shape index (κ1) is 18.4. The van der Waals surface area contributed by atoms with E-state index in [2.05, 4.69) is 24.0 Å². The Labute approximate surface area is 156 Å². The number of nitrogens with zero attached hydrogens (tertiary/aromatic N) is 3. The van der Waals surface area contributed by atoms with Gasteiger partial charge in [-0.3, -0.25) is 0 Å². The van der Waals surface area contributed by atoms with Crippen LogP contribution in [0.4, 0.5) is 4.79 Å². The highest BCUT2D eigenvalue weighted by Gasteiger charge is 2.22. The molecule has 0 saturated carbocycles. The molecule has 7 nitrogen and oxygen atoms in total. The van der Waals surface area contributed by atoms with E-state index in [9.17, 15) is 4.79 Å². The van der Waals surface area contributed by atoms with Crippen molar-refractivity contribution in [2.24, 2.45) is 0 Å². The molecule has 0 radical (unpaired) electrons. The minimum atomic E-state index is -0.501. The molecular formula is C18H20ClN3O4. The Bertz CT molecular complexity index is 779. The highest BCUT2D eigenvalue weighted by atomic mass is 35.5. The molecule has 1 aliphatic rings. The lowest BCUT2D eigenvalue weighted by Crippen LogP contribution is -2.42. The molecule has 1 saturated heterocycles. The summed E-state index contributed by atoms with van der Waals surface area (Å²) >= 11 is 5.92. The fourth-order valence-corrected chi connectivity index (χ4v) is 2.68. The van der Waals surface area contributed by atoms with Crippen LogP contribution in [0, 0.1) is 0 Å². The average Bonchev–Trinajstić information content (AvgIpc) is 2.65. The molecule has 3 rings (SSSR count). The quantitative estimate of drug-likeness (QED) is 0.805. The van der Waals surface area contributed by atoms with Gasteiger partial charge in [-0.25, -0.2) is 4.79 Å². The number of carbonyl (C=O) groups excluding carboxylic acids is 1. The van der Waals surface area contributed by atoms with Crippen molar-refractivity contribution in [2.75, 3.05) is 26.3 Å². The number of amides is 1. The molecule has 1 amide bonds. The van der Waals surface area contributed by atoms with Gasteiger partial charge in [0.15, 0.2) is 10.9 Å². The van der Waals surface area contributed by atoms with E-state index in [0.717, 1.165) is 5.56 Å². The Balaban J connectivity index is 1.83. The van der Waals surface area contributed by atoms with Crippen LogP contribution < -0.4 is 9.47 Å². The highest BCUT2D eigenvalue weighted by Crippen LogP contribution is 2.34. The summed E-state index contributed by atoms with van der Waals surface area (Å²) < 4.78 is 16.6. The molecule has 1 fully saturated rings. The number of aromatic nitrogens is 2. The maximum atomic E-state index is 12.4. The van der Waals surface area contributed by atoms with Gasteiger partial charge < -0.3 is 19.1 Å². The lowest BCUT2D eigenvalue weighted by molar-refractivity contribution is 0.0413. The molecule has 2 aromatic rings. The van der Waals surface area contributed by atoms with Crippen LogP contribution in [0.3, 0.4) is 0 Å². The van der Waals surface area contributed by atoms with E-state index in [1.807, 2.05) is 24.3 Å². The molecule has 8 heteroatoms. The third-order valence-corrected chi connectivity index (χ3v) is 4.10. The van der Waals surface area contributed by atoms with Gasteiger partial charge in [0.25, 0.3) is 5.88 Å². The van der Waals surface area contributed by atoms with Crippen LogP contribution in [0.2, 0.25) is 5.15 Å². The Morgan fingerprint density at radius 1 is 1.19 bits per heavy atom. The Hall–Kier alpha value is -2.38. The molecule has 0 spiro atoms. The van der Waals surface area contributed by atoms with Crippen molar-refractivity contribution in [1.82, 2.24) is 15.1 Å². The van der Waals surface area contributed by atoms with E-state index in [1.165, 1.54) is 6.07 Å². The largest absolute Gasteiger partial charge is 0.435 e. The Morgan fingerprint density at radius 3 is 2.65 bits per heavy atom. The van der Waals surface area contributed by atoms with E-state index < -0.39 is 6.09 Å². The lowest BCUT2D eigenvalue weighted by Gasteiger charge is -2.26. The summed E-state index contributed by atoms with van der Waals surface area (Å²) in [5.41, 5.74) is 1.01. The average molecular weight is 378 g/mol. The van der Waals surface area contributed by atoms with Gasteiger partial charge >= 0.3 is 6.09 Å². The highest BCUT2D eigenvalue weighted by molar-refractivity contribution is 6.29. The smallest absolute Gasteiger partial charge is 0.415 e. The fraction of sp³-hybridized carbons (Fsp3) is 0.389. The number of halogens is 1. The molecular weight excluding hydrogens is 358 g/mol. The summed E-state index contributed by atoms with van der Waals surface area (Å²) in [5, 5.41) is 7.85. The fourth-order valence-electron chi connectivity index (χ4n) is 2.54. The number of carbonyl (C=O) groups is 1. The van der Waals surface area contributed by atoms with Crippen LogP contribution in [-0.4, -0.2) is 47.5 Å². The molecule has 1 aromatic heterocycles. The molecule has 0 aliphatic carbocycles. The SMILES string of the molecule is CC(C)c1ccccc1Oc1nnc(Cl)cc1OC(=O)N1CCOCC1. The van der Waals surface area contributed by atoms with E-state index in [0.29, 0.717) is 32.1 Å². The van der Waals surface area contributed by atoms with Crippen LogP contribution in [0.15, 0.2) is 30.3 Å². The van der Waals surface area contributed by atoms with Crippen molar-refractivity contribution in [3.05, 3.63) is 41.0 Å². The molecule has 138 valence electrons. The van der Waals surface area contributed by atoms with E-state index in [4.69, 9.17) is 25.8 Å². The van der Waals surface area contributed by atoms with Gasteiger partial charge in [-0.1, -0.05) is 43.6 Å². The van der Waals surface area contributed by atoms with Crippen molar-refractivity contribution in [1.29, 1.82) is 0 Å². The van der Waals surface area contributed by atoms with Gasteiger partial charge in [0, 0.05) is 19.2 Å². The second-order valence-electron chi connectivity index (χ2n) is 6.10. The van der Waals surface area contributed by atoms with Crippen LogP contribution in [0.5, 0.6) is 17.4 Å². The van der Waals surface area contributed by atoms with E-state index in [-0.39, 0.29) is 22.7 Å². The lowest BCUT2D eigenvalue weighted by atomic mass is 10.0. The first-order valence-corrected chi connectivity index (χ1v) is 8.77. The second kappa shape index (κ2) is 8.33. The minimum Gasteiger partial charge on any atom is -0.435 e. The van der Waals surface area contributed by atoms with Gasteiger partial charge in [-0.2, -0.15) is 0 Å². The van der Waals surface area contributed by atoms with Gasteiger partial charge in [-0.05, 0) is 17.5 Å². The second-order valence-corrected chi connectivity index (χ2v) is 6.49. The van der Waals surface area contributed by atoms with Crippen molar-refractivity contribution < 1.29 is 19.0 Å². The van der Waals surface area contributed by atoms with Crippen LogP contribution in [-0.2, 0) is 4.74 Å². The molecule has 0 atom stereocenters. The van der Waals surface area contributed by atoms with Gasteiger partial charge in [-0.15, -0.1) is 10.2 Å². The molecule has 26 heavy (non-hydrogen) atoms. The number of hydrogen-bond acceptors (Lipinski definition) is 6. The van der Waals surface area contributed by atoms with Crippen molar-refractivity contribution in [3.63, 3.8) is 0 Å². The number of hydrogen-bond donors (Lipinski definition) is 0. The normalized spacial score (nSPS) is 14.4. The van der Waals surface area contributed by atoms with Gasteiger partial charge in [0.1, 0.15) is 5.75 Å². The monoisotopic (exact) mass is 377 g/mol. The van der Waals surface area contributed by atoms with Gasteiger partial charge in [0.05, 0.1) is 13.2 Å². The maximum Gasteiger partial charge on any atom is 0.415 e. The van der Waals surface area contributed by atoms with Gasteiger partial charge in [0.2, 0.25) is 0 Å². The summed E-state index contributed by atoms with van der Waals surface area (Å²) in [7, 11) is 0. The molecule has 1 aromatic carbocycles. The number of morpholine rings is 1. The standard InChI is InChI=1S/C18H20ClN3O4/c1-12(2)13-5-3-4-6-14(13)25-17-15(11-16(19)20-21-17)26-18(23)22-7-9-24-10-8-22/h3-6,11-12H,7-10H2,1-2H3. The van der Waals surface area contributed by atoms with Crippen molar-refractivity contribution in [3.8, 4) is 17.4 Å². The maximum absolute atomic E-state index is 12.4. The number of para-hydroxylation sites is 1. The number of rotatable bonds is 4. The predicted octanol–water partition coefficient (Wildman–Crippen LogP) is 3.88. The summed E-state index contributed by atoms with van der Waals surface area (Å²) in [6.07, 6.45) is -0.501. The molecule has 0 bridgehead atoms. The van der Waals surface area contributed by atoms with Crippen LogP contribution >= 0.6 is 11.6 Å².